The van der Waals surface area contributed by atoms with Crippen molar-refractivity contribution >= 4 is 54.5 Å². The van der Waals surface area contributed by atoms with Gasteiger partial charge < -0.3 is 8.83 Å². The summed E-state index contributed by atoms with van der Waals surface area (Å²) in [6, 6.07) is 34.0. The highest BCUT2D eigenvalue weighted by Gasteiger charge is 2.19. The summed E-state index contributed by atoms with van der Waals surface area (Å²) in [6.07, 6.45) is 3.03. The third-order valence-corrected chi connectivity index (χ3v) is 7.18. The molecule has 0 aliphatic heterocycles. The fourth-order valence-electron chi connectivity index (χ4n) is 5.70. The van der Waals surface area contributed by atoms with E-state index >= 15 is 0 Å². The number of aromatic nitrogens is 2. The van der Waals surface area contributed by atoms with E-state index in [1.54, 1.807) is 0 Å². The summed E-state index contributed by atoms with van der Waals surface area (Å²) in [7, 11) is 0. The van der Waals surface area contributed by atoms with Crippen LogP contribution in [-0.2, 0) is 0 Å². The Morgan fingerprint density at radius 3 is 1.42 bits per heavy atom. The third-order valence-electron chi connectivity index (χ3n) is 7.18. The second kappa shape index (κ2) is 7.27. The van der Waals surface area contributed by atoms with Crippen LogP contribution in [-0.4, -0.2) is 9.97 Å². The van der Waals surface area contributed by atoms with E-state index in [1.165, 1.54) is 45.1 Å². The molecule has 0 N–H and O–H groups in total. The van der Waals surface area contributed by atoms with E-state index in [0.717, 1.165) is 44.5 Å². The monoisotopic (exact) mass is 462 g/mol. The smallest absolute Gasteiger partial charge is 0.182 e. The largest absolute Gasteiger partial charge is 0.443 e. The van der Waals surface area contributed by atoms with Crippen molar-refractivity contribution < 1.29 is 8.83 Å². The zero-order valence-electron chi connectivity index (χ0n) is 19.1. The van der Waals surface area contributed by atoms with Crippen LogP contribution >= 0.6 is 0 Å². The first-order chi connectivity index (χ1) is 17.9. The Balaban J connectivity index is 1.61. The van der Waals surface area contributed by atoms with Crippen LogP contribution in [0.3, 0.4) is 0 Å². The molecule has 0 fully saturated rings. The van der Waals surface area contributed by atoms with Gasteiger partial charge in [0, 0.05) is 11.1 Å². The number of rotatable bonds is 2. The van der Waals surface area contributed by atoms with Crippen molar-refractivity contribution in [2.24, 2.45) is 0 Å². The van der Waals surface area contributed by atoms with Gasteiger partial charge in [0.25, 0.3) is 0 Å². The third kappa shape index (κ3) is 2.58. The molecular formula is C32H18N2O2. The van der Waals surface area contributed by atoms with Gasteiger partial charge in [-0.15, -0.1) is 0 Å². The van der Waals surface area contributed by atoms with E-state index in [1.807, 2.05) is 24.3 Å². The summed E-state index contributed by atoms with van der Waals surface area (Å²) in [4.78, 5) is 8.78. The molecule has 0 radical (unpaired) electrons. The van der Waals surface area contributed by atoms with E-state index in [0.29, 0.717) is 0 Å². The van der Waals surface area contributed by atoms with Crippen LogP contribution < -0.4 is 0 Å². The van der Waals surface area contributed by atoms with Crippen molar-refractivity contribution in [3.05, 3.63) is 110 Å². The summed E-state index contributed by atoms with van der Waals surface area (Å²) in [6.45, 7) is 0. The van der Waals surface area contributed by atoms with Crippen molar-refractivity contribution in [3.8, 4) is 22.3 Å². The maximum Gasteiger partial charge on any atom is 0.182 e. The van der Waals surface area contributed by atoms with Crippen molar-refractivity contribution in [2.75, 3.05) is 0 Å². The molecule has 8 aromatic rings. The molecule has 2 aromatic heterocycles. The lowest BCUT2D eigenvalue weighted by Crippen LogP contribution is -1.90. The Kier molecular flexibility index (Phi) is 3.91. The summed E-state index contributed by atoms with van der Waals surface area (Å²) in [5, 5.41) is 7.21. The maximum absolute atomic E-state index is 5.85. The molecule has 0 aliphatic carbocycles. The number of fused-ring (bicyclic) bond motifs is 8. The van der Waals surface area contributed by atoms with E-state index in [4.69, 9.17) is 8.83 Å². The molecule has 0 unspecified atom stereocenters. The first-order valence-electron chi connectivity index (χ1n) is 11.9. The van der Waals surface area contributed by atoms with Gasteiger partial charge in [0.1, 0.15) is 11.0 Å². The molecule has 6 aromatic carbocycles. The number of nitrogens with zero attached hydrogens (tertiary/aromatic N) is 2. The van der Waals surface area contributed by atoms with Gasteiger partial charge in [0.05, 0.1) is 0 Å². The topological polar surface area (TPSA) is 52.1 Å². The molecular weight excluding hydrogens is 444 g/mol. The van der Waals surface area contributed by atoms with E-state index < -0.39 is 0 Å². The molecule has 0 bridgehead atoms. The summed E-state index contributed by atoms with van der Waals surface area (Å²) in [5.41, 5.74) is 7.63. The van der Waals surface area contributed by atoms with E-state index in [-0.39, 0.29) is 0 Å². The van der Waals surface area contributed by atoms with Gasteiger partial charge in [-0.25, -0.2) is 9.97 Å². The highest BCUT2D eigenvalue weighted by Crippen LogP contribution is 2.45. The Morgan fingerprint density at radius 2 is 0.833 bits per heavy atom. The molecule has 0 spiro atoms. The second-order valence-corrected chi connectivity index (χ2v) is 9.01. The highest BCUT2D eigenvalue weighted by atomic mass is 16.3. The molecule has 168 valence electrons. The quantitative estimate of drug-likeness (QED) is 0.241. The molecule has 0 atom stereocenters. The Bertz CT molecular complexity index is 1990. The van der Waals surface area contributed by atoms with Gasteiger partial charge >= 0.3 is 0 Å². The Morgan fingerprint density at radius 1 is 0.389 bits per heavy atom. The van der Waals surface area contributed by atoms with Crippen LogP contribution in [0.5, 0.6) is 0 Å². The SMILES string of the molecule is c1cc(-c2cccc3c2c2ccccc2c2cccc(-c4cccc5ncoc45)c23)c2ocnc2c1. The van der Waals surface area contributed by atoms with Crippen molar-refractivity contribution in [1.29, 1.82) is 0 Å². The first kappa shape index (κ1) is 19.4. The molecule has 4 nitrogen and oxygen atoms in total. The van der Waals surface area contributed by atoms with Gasteiger partial charge in [0.2, 0.25) is 0 Å². The average molecular weight is 463 g/mol. The standard InChI is InChI=1S/C32H18N2O2/c1-2-8-20-19(7-1)21-9-3-10-22(24-12-5-15-27-31(24)35-17-33-27)30(21)26-14-4-11-23(29(20)26)25-13-6-16-28-32(25)36-18-34-28/h1-18H. The molecule has 2 heterocycles. The zero-order chi connectivity index (χ0) is 23.6. The van der Waals surface area contributed by atoms with Gasteiger partial charge in [-0.3, -0.25) is 0 Å². The van der Waals surface area contributed by atoms with Gasteiger partial charge in [0.15, 0.2) is 24.0 Å². The normalized spacial score (nSPS) is 11.9. The number of benzene rings is 6. The molecule has 8 rings (SSSR count). The molecule has 0 saturated carbocycles. The fourth-order valence-corrected chi connectivity index (χ4v) is 5.70. The van der Waals surface area contributed by atoms with Crippen LogP contribution in [0.25, 0.3) is 76.8 Å². The lowest BCUT2D eigenvalue weighted by molar-refractivity contribution is 0.603. The van der Waals surface area contributed by atoms with Crippen LogP contribution in [0, 0.1) is 0 Å². The molecule has 36 heavy (non-hydrogen) atoms. The minimum absolute atomic E-state index is 0.800. The number of hydrogen-bond acceptors (Lipinski definition) is 4. The average Bonchev–Trinajstić information content (AvgIpc) is 3.62. The lowest BCUT2D eigenvalue weighted by Gasteiger charge is -2.17. The van der Waals surface area contributed by atoms with Crippen LogP contribution in [0.4, 0.5) is 0 Å². The minimum atomic E-state index is 0.800. The zero-order valence-corrected chi connectivity index (χ0v) is 19.1. The summed E-state index contributed by atoms with van der Waals surface area (Å²) < 4.78 is 11.7. The van der Waals surface area contributed by atoms with Crippen molar-refractivity contribution in [1.82, 2.24) is 9.97 Å². The predicted molar refractivity (Wildman–Crippen MR) is 145 cm³/mol. The molecule has 0 amide bonds. The maximum atomic E-state index is 5.85. The van der Waals surface area contributed by atoms with Crippen LogP contribution in [0.1, 0.15) is 0 Å². The summed E-state index contributed by atoms with van der Waals surface area (Å²) in [5.74, 6) is 0. The molecule has 4 heteroatoms. The van der Waals surface area contributed by atoms with Crippen LogP contribution in [0.15, 0.2) is 119 Å². The van der Waals surface area contributed by atoms with Gasteiger partial charge in [-0.2, -0.15) is 0 Å². The highest BCUT2D eigenvalue weighted by molar-refractivity contribution is 6.31. The predicted octanol–water partition coefficient (Wildman–Crippen LogP) is 8.76. The lowest BCUT2D eigenvalue weighted by atomic mass is 9.86. The Labute approximate surface area is 205 Å². The van der Waals surface area contributed by atoms with Gasteiger partial charge in [-0.05, 0) is 55.6 Å². The fraction of sp³-hybridized carbons (Fsp3) is 0. The van der Waals surface area contributed by atoms with Gasteiger partial charge in [-0.1, -0.05) is 84.9 Å². The second-order valence-electron chi connectivity index (χ2n) is 9.01. The van der Waals surface area contributed by atoms with Crippen molar-refractivity contribution in [3.63, 3.8) is 0 Å². The van der Waals surface area contributed by atoms with E-state index in [9.17, 15) is 0 Å². The van der Waals surface area contributed by atoms with Crippen LogP contribution in [0.2, 0.25) is 0 Å². The number of para-hydroxylation sites is 2. The number of oxazole rings is 2. The van der Waals surface area contributed by atoms with Crippen molar-refractivity contribution in [2.45, 2.75) is 0 Å². The molecule has 0 saturated heterocycles. The number of hydrogen-bond donors (Lipinski definition) is 0. The minimum Gasteiger partial charge on any atom is -0.443 e. The molecule has 0 aliphatic rings. The van der Waals surface area contributed by atoms with E-state index in [2.05, 4.69) is 82.8 Å². The first-order valence-corrected chi connectivity index (χ1v) is 11.9. The Hall–Kier alpha value is -4.96. The summed E-state index contributed by atoms with van der Waals surface area (Å²) >= 11 is 0.